The van der Waals surface area contributed by atoms with Crippen LogP contribution in [0.5, 0.6) is 0 Å². The highest BCUT2D eigenvalue weighted by Gasteiger charge is 2.38. The molecule has 3 rings (SSSR count). The van der Waals surface area contributed by atoms with Crippen LogP contribution < -0.4 is 0 Å². The summed E-state index contributed by atoms with van der Waals surface area (Å²) in [6.07, 6.45) is -1.98. The van der Waals surface area contributed by atoms with Crippen LogP contribution in [0, 0.1) is 11.8 Å². The third kappa shape index (κ3) is 6.26. The first kappa shape index (κ1) is 20.7. The van der Waals surface area contributed by atoms with Gasteiger partial charge in [-0.2, -0.15) is 18.3 Å². The molecule has 2 aliphatic heterocycles. The SMILES string of the molecule is COCC1CN(CC2CCOC2)Cc2ccnn2C1.O=C(O)C(F)(F)F. The van der Waals surface area contributed by atoms with Gasteiger partial charge in [0.1, 0.15) is 0 Å². The average molecular weight is 379 g/mol. The maximum atomic E-state index is 10.6. The molecule has 1 aromatic heterocycles. The van der Waals surface area contributed by atoms with Gasteiger partial charge in [0.05, 0.1) is 18.9 Å². The zero-order valence-electron chi connectivity index (χ0n) is 14.6. The second kappa shape index (κ2) is 9.33. The molecule has 0 saturated carbocycles. The van der Waals surface area contributed by atoms with Gasteiger partial charge in [0, 0.05) is 52.0 Å². The van der Waals surface area contributed by atoms with E-state index in [1.54, 1.807) is 7.11 Å². The van der Waals surface area contributed by atoms with Crippen molar-refractivity contribution in [1.82, 2.24) is 14.7 Å². The monoisotopic (exact) mass is 379 g/mol. The van der Waals surface area contributed by atoms with Gasteiger partial charge in [-0.3, -0.25) is 9.58 Å². The van der Waals surface area contributed by atoms with E-state index >= 15 is 0 Å². The van der Waals surface area contributed by atoms with Crippen molar-refractivity contribution in [3.63, 3.8) is 0 Å². The van der Waals surface area contributed by atoms with E-state index in [0.29, 0.717) is 11.8 Å². The summed E-state index contributed by atoms with van der Waals surface area (Å²) in [5.41, 5.74) is 1.32. The minimum absolute atomic E-state index is 0.522. The number of aliphatic carboxylic acids is 1. The number of rotatable bonds is 4. The van der Waals surface area contributed by atoms with Crippen molar-refractivity contribution >= 4 is 5.97 Å². The first-order valence-electron chi connectivity index (χ1n) is 8.39. The number of carbonyl (C=O) groups is 1. The highest BCUT2D eigenvalue weighted by Crippen LogP contribution is 2.20. The van der Waals surface area contributed by atoms with Gasteiger partial charge >= 0.3 is 12.1 Å². The Morgan fingerprint density at radius 3 is 2.73 bits per heavy atom. The van der Waals surface area contributed by atoms with Crippen molar-refractivity contribution in [3.8, 4) is 0 Å². The summed E-state index contributed by atoms with van der Waals surface area (Å²) in [6, 6.07) is 2.13. The summed E-state index contributed by atoms with van der Waals surface area (Å²) < 4.78 is 44.7. The molecule has 26 heavy (non-hydrogen) atoms. The minimum atomic E-state index is -5.08. The topological polar surface area (TPSA) is 76.8 Å². The lowest BCUT2D eigenvalue weighted by molar-refractivity contribution is -0.192. The van der Waals surface area contributed by atoms with E-state index < -0.39 is 12.1 Å². The smallest absolute Gasteiger partial charge is 0.475 e. The first-order valence-corrected chi connectivity index (χ1v) is 8.39. The number of carboxylic acid groups (broad SMARTS) is 1. The number of fused-ring (bicyclic) bond motifs is 1. The molecule has 1 aromatic rings. The van der Waals surface area contributed by atoms with Crippen molar-refractivity contribution in [3.05, 3.63) is 18.0 Å². The fourth-order valence-corrected chi connectivity index (χ4v) is 3.19. The highest BCUT2D eigenvalue weighted by atomic mass is 19.4. The molecule has 0 radical (unpaired) electrons. The van der Waals surface area contributed by atoms with E-state index in [0.717, 1.165) is 46.0 Å². The summed E-state index contributed by atoms with van der Waals surface area (Å²) in [7, 11) is 1.78. The normalized spacial score (nSPS) is 23.7. The van der Waals surface area contributed by atoms with Gasteiger partial charge in [-0.25, -0.2) is 4.79 Å². The number of carboxylic acids is 1. The van der Waals surface area contributed by atoms with Gasteiger partial charge < -0.3 is 14.6 Å². The zero-order chi connectivity index (χ0) is 19.2. The average Bonchev–Trinajstić information content (AvgIpc) is 3.17. The summed E-state index contributed by atoms with van der Waals surface area (Å²) in [5.74, 6) is -1.54. The zero-order valence-corrected chi connectivity index (χ0v) is 14.6. The molecular weight excluding hydrogens is 355 g/mol. The lowest BCUT2D eigenvalue weighted by atomic mass is 10.1. The molecule has 1 fully saturated rings. The van der Waals surface area contributed by atoms with E-state index in [9.17, 15) is 13.2 Å². The van der Waals surface area contributed by atoms with Crippen LogP contribution in [-0.2, 0) is 27.4 Å². The summed E-state index contributed by atoms with van der Waals surface area (Å²) in [6.45, 7) is 6.84. The lowest BCUT2D eigenvalue weighted by Crippen LogP contribution is -2.34. The Morgan fingerprint density at radius 2 is 2.15 bits per heavy atom. The largest absolute Gasteiger partial charge is 0.490 e. The maximum Gasteiger partial charge on any atom is 0.490 e. The molecule has 7 nitrogen and oxygen atoms in total. The predicted molar refractivity (Wildman–Crippen MR) is 85.5 cm³/mol. The summed E-state index contributed by atoms with van der Waals surface area (Å²) in [5, 5.41) is 11.6. The van der Waals surface area contributed by atoms with E-state index in [-0.39, 0.29) is 0 Å². The van der Waals surface area contributed by atoms with Crippen LogP contribution >= 0.6 is 0 Å². The number of nitrogens with zero attached hydrogens (tertiary/aromatic N) is 3. The molecule has 0 aliphatic carbocycles. The standard InChI is InChI=1S/C14H23N3O2.C2HF3O2/c1-18-10-13-7-16(6-12-3-5-19-11-12)9-14-2-4-15-17(14)8-13;3-2(4,5)1(6)7/h2,4,12-13H,3,5-11H2,1H3;(H,6,7). The van der Waals surface area contributed by atoms with E-state index in [4.69, 9.17) is 19.4 Å². The van der Waals surface area contributed by atoms with Gasteiger partial charge in [-0.15, -0.1) is 0 Å². The quantitative estimate of drug-likeness (QED) is 0.857. The summed E-state index contributed by atoms with van der Waals surface area (Å²) in [4.78, 5) is 11.4. The van der Waals surface area contributed by atoms with Crippen LogP contribution in [0.3, 0.4) is 0 Å². The van der Waals surface area contributed by atoms with Gasteiger partial charge in [0.2, 0.25) is 0 Å². The van der Waals surface area contributed by atoms with Crippen LogP contribution in [0.2, 0.25) is 0 Å². The Bertz CT molecular complexity index is 573. The molecule has 1 N–H and O–H groups in total. The van der Waals surface area contributed by atoms with Crippen molar-refractivity contribution < 1.29 is 32.5 Å². The van der Waals surface area contributed by atoms with E-state index in [1.807, 2.05) is 6.20 Å². The molecule has 0 spiro atoms. The third-order valence-corrected chi connectivity index (χ3v) is 4.32. The van der Waals surface area contributed by atoms with Crippen LogP contribution in [0.1, 0.15) is 12.1 Å². The van der Waals surface area contributed by atoms with Gasteiger partial charge in [0.15, 0.2) is 0 Å². The van der Waals surface area contributed by atoms with Crippen molar-refractivity contribution in [2.24, 2.45) is 11.8 Å². The Hall–Kier alpha value is -1.65. The maximum absolute atomic E-state index is 10.6. The van der Waals surface area contributed by atoms with Crippen LogP contribution in [-0.4, -0.2) is 72.0 Å². The number of alkyl halides is 3. The van der Waals surface area contributed by atoms with Crippen molar-refractivity contribution in [2.75, 3.05) is 40.0 Å². The molecule has 148 valence electrons. The fraction of sp³-hybridized carbons (Fsp3) is 0.750. The molecule has 10 heteroatoms. The second-order valence-corrected chi connectivity index (χ2v) is 6.55. The van der Waals surface area contributed by atoms with Crippen LogP contribution in [0.15, 0.2) is 12.3 Å². The third-order valence-electron chi connectivity index (χ3n) is 4.32. The van der Waals surface area contributed by atoms with Gasteiger partial charge in [-0.1, -0.05) is 0 Å². The highest BCUT2D eigenvalue weighted by molar-refractivity contribution is 5.73. The minimum Gasteiger partial charge on any atom is -0.475 e. The van der Waals surface area contributed by atoms with E-state index in [1.165, 1.54) is 12.1 Å². The second-order valence-electron chi connectivity index (χ2n) is 6.55. The molecule has 2 unspecified atom stereocenters. The molecule has 3 heterocycles. The predicted octanol–water partition coefficient (Wildman–Crippen LogP) is 1.63. The van der Waals surface area contributed by atoms with Crippen molar-refractivity contribution in [1.29, 1.82) is 0 Å². The number of aromatic nitrogens is 2. The first-order chi connectivity index (χ1) is 12.3. The number of hydrogen-bond acceptors (Lipinski definition) is 5. The Labute approximate surface area is 149 Å². The molecular formula is C16H24F3N3O4. The Morgan fingerprint density at radius 1 is 1.42 bits per heavy atom. The Balaban J connectivity index is 0.000000298. The molecule has 0 bridgehead atoms. The molecule has 0 amide bonds. The summed E-state index contributed by atoms with van der Waals surface area (Å²) >= 11 is 0. The van der Waals surface area contributed by atoms with Gasteiger partial charge in [0.25, 0.3) is 0 Å². The van der Waals surface area contributed by atoms with Crippen molar-refractivity contribution in [2.45, 2.75) is 25.7 Å². The van der Waals surface area contributed by atoms with E-state index in [2.05, 4.69) is 20.7 Å². The molecule has 2 aliphatic rings. The number of methoxy groups -OCH3 is 1. The number of ether oxygens (including phenoxy) is 2. The van der Waals surface area contributed by atoms with Crippen LogP contribution in [0.4, 0.5) is 13.2 Å². The number of hydrogen-bond donors (Lipinski definition) is 1. The fourth-order valence-electron chi connectivity index (χ4n) is 3.19. The van der Waals surface area contributed by atoms with Crippen LogP contribution in [0.25, 0.3) is 0 Å². The van der Waals surface area contributed by atoms with Gasteiger partial charge in [-0.05, 0) is 18.4 Å². The molecule has 2 atom stereocenters. The molecule has 0 aromatic carbocycles. The Kier molecular flexibility index (Phi) is 7.42. The number of halogens is 3. The lowest BCUT2D eigenvalue weighted by Gasteiger charge is -2.25. The molecule has 1 saturated heterocycles.